The highest BCUT2D eigenvalue weighted by atomic mass is 16.5. The van der Waals surface area contributed by atoms with Crippen LogP contribution in [0.1, 0.15) is 23.1 Å². The standard InChI is InChI=1S/C26H23N3O4/c27-15-20-12-17(6-8-22(20)18-4-2-1-3-5-18)16-33-21-7-9-24-19(13-21)10-11-29(24)26(32)23(28)14-25(30)31/h1-9,12-13,23H,10-11,14,16,28H2,(H,30,31)/t23-/m1/s1. The predicted molar refractivity (Wildman–Crippen MR) is 124 cm³/mol. The molecular formula is C26H23N3O4. The van der Waals surface area contributed by atoms with E-state index >= 15 is 0 Å². The Morgan fingerprint density at radius 2 is 1.91 bits per heavy atom. The zero-order chi connectivity index (χ0) is 23.4. The molecule has 0 aliphatic carbocycles. The lowest BCUT2D eigenvalue weighted by Crippen LogP contribution is -2.44. The number of nitriles is 1. The van der Waals surface area contributed by atoms with Gasteiger partial charge in [0.15, 0.2) is 0 Å². The van der Waals surface area contributed by atoms with Crippen LogP contribution in [-0.4, -0.2) is 29.6 Å². The molecule has 1 atom stereocenters. The normalized spacial score (nSPS) is 13.2. The topological polar surface area (TPSA) is 117 Å². The third-order valence-corrected chi connectivity index (χ3v) is 5.62. The molecule has 0 aromatic heterocycles. The number of nitrogens with two attached hydrogens (primary N) is 1. The van der Waals surface area contributed by atoms with E-state index in [2.05, 4.69) is 6.07 Å². The molecule has 0 bridgehead atoms. The Morgan fingerprint density at radius 3 is 2.64 bits per heavy atom. The van der Waals surface area contributed by atoms with Crippen molar-refractivity contribution in [2.24, 2.45) is 5.73 Å². The molecule has 33 heavy (non-hydrogen) atoms. The molecule has 3 N–H and O–H groups in total. The van der Waals surface area contributed by atoms with Crippen LogP contribution in [0.15, 0.2) is 66.7 Å². The quantitative estimate of drug-likeness (QED) is 0.580. The summed E-state index contributed by atoms with van der Waals surface area (Å²) in [4.78, 5) is 24.9. The Balaban J connectivity index is 1.45. The van der Waals surface area contributed by atoms with E-state index in [-0.39, 0.29) is 0 Å². The van der Waals surface area contributed by atoms with Crippen molar-refractivity contribution in [3.05, 3.63) is 83.4 Å². The van der Waals surface area contributed by atoms with Gasteiger partial charge < -0.3 is 20.5 Å². The molecule has 1 heterocycles. The van der Waals surface area contributed by atoms with Gasteiger partial charge in [0.1, 0.15) is 12.4 Å². The lowest BCUT2D eigenvalue weighted by molar-refractivity contribution is -0.139. The van der Waals surface area contributed by atoms with Gasteiger partial charge in [0, 0.05) is 12.2 Å². The number of hydrogen-bond acceptors (Lipinski definition) is 5. The van der Waals surface area contributed by atoms with Crippen LogP contribution in [0, 0.1) is 11.3 Å². The molecule has 166 valence electrons. The van der Waals surface area contributed by atoms with Crippen molar-refractivity contribution in [3.63, 3.8) is 0 Å². The first-order chi connectivity index (χ1) is 16.0. The highest BCUT2D eigenvalue weighted by Crippen LogP contribution is 2.32. The minimum absolute atomic E-state index is 0.300. The Bertz CT molecular complexity index is 1230. The molecule has 7 nitrogen and oxygen atoms in total. The second-order valence-corrected chi connectivity index (χ2v) is 7.88. The van der Waals surface area contributed by atoms with E-state index < -0.39 is 24.3 Å². The summed E-state index contributed by atoms with van der Waals surface area (Å²) in [6.07, 6.45) is 0.238. The van der Waals surface area contributed by atoms with Gasteiger partial charge in [-0.05, 0) is 52.9 Å². The molecule has 7 heteroatoms. The lowest BCUT2D eigenvalue weighted by atomic mass is 9.98. The number of ether oxygens (including phenoxy) is 1. The number of carbonyl (C=O) groups excluding carboxylic acids is 1. The number of aliphatic carboxylic acids is 1. The second kappa shape index (κ2) is 9.55. The Labute approximate surface area is 191 Å². The van der Waals surface area contributed by atoms with E-state index in [1.807, 2.05) is 54.6 Å². The maximum absolute atomic E-state index is 12.5. The minimum atomic E-state index is -1.10. The number of carboxylic acid groups (broad SMARTS) is 1. The van der Waals surface area contributed by atoms with Gasteiger partial charge in [0.05, 0.1) is 24.1 Å². The molecule has 0 fully saturated rings. The third kappa shape index (κ3) is 4.86. The number of benzene rings is 3. The largest absolute Gasteiger partial charge is 0.489 e. The van der Waals surface area contributed by atoms with E-state index in [0.29, 0.717) is 30.9 Å². The summed E-state index contributed by atoms with van der Waals surface area (Å²) in [5.41, 5.74) is 10.8. The lowest BCUT2D eigenvalue weighted by Gasteiger charge is -2.21. The molecule has 0 spiro atoms. The zero-order valence-electron chi connectivity index (χ0n) is 17.9. The van der Waals surface area contributed by atoms with Gasteiger partial charge in [-0.3, -0.25) is 9.59 Å². The van der Waals surface area contributed by atoms with Crippen LogP contribution in [0.4, 0.5) is 5.69 Å². The Morgan fingerprint density at radius 1 is 1.12 bits per heavy atom. The minimum Gasteiger partial charge on any atom is -0.489 e. The number of carbonyl (C=O) groups is 2. The SMILES string of the molecule is N#Cc1cc(COc2ccc3c(c2)CCN3C(=O)[C@H](N)CC(=O)O)ccc1-c1ccccc1. The fourth-order valence-corrected chi connectivity index (χ4v) is 3.98. The highest BCUT2D eigenvalue weighted by Gasteiger charge is 2.29. The fourth-order valence-electron chi connectivity index (χ4n) is 3.98. The maximum atomic E-state index is 12.5. The van der Waals surface area contributed by atoms with E-state index in [0.717, 1.165) is 27.9 Å². The third-order valence-electron chi connectivity index (χ3n) is 5.62. The van der Waals surface area contributed by atoms with Gasteiger partial charge in [-0.15, -0.1) is 0 Å². The number of amides is 1. The van der Waals surface area contributed by atoms with Crippen LogP contribution in [0.25, 0.3) is 11.1 Å². The van der Waals surface area contributed by atoms with Gasteiger partial charge in [-0.1, -0.05) is 42.5 Å². The zero-order valence-corrected chi connectivity index (χ0v) is 17.9. The number of fused-ring (bicyclic) bond motifs is 1. The average Bonchev–Trinajstić information content (AvgIpc) is 3.25. The molecule has 3 aromatic carbocycles. The van der Waals surface area contributed by atoms with Gasteiger partial charge in [0.2, 0.25) is 5.91 Å². The molecule has 1 aliphatic heterocycles. The van der Waals surface area contributed by atoms with Crippen LogP contribution < -0.4 is 15.4 Å². The maximum Gasteiger partial charge on any atom is 0.305 e. The fraction of sp³-hybridized carbons (Fsp3) is 0.192. The van der Waals surface area contributed by atoms with E-state index in [1.54, 1.807) is 12.1 Å². The monoisotopic (exact) mass is 441 g/mol. The molecule has 0 radical (unpaired) electrons. The smallest absolute Gasteiger partial charge is 0.305 e. The summed E-state index contributed by atoms with van der Waals surface area (Å²) in [5.74, 6) is -0.841. The number of carboxylic acids is 1. The van der Waals surface area contributed by atoms with Crippen LogP contribution in [-0.2, 0) is 22.6 Å². The Hall–Kier alpha value is -4.15. The number of hydrogen-bond donors (Lipinski definition) is 2. The van der Waals surface area contributed by atoms with E-state index in [1.165, 1.54) is 4.90 Å². The van der Waals surface area contributed by atoms with Crippen molar-refractivity contribution >= 4 is 17.6 Å². The highest BCUT2D eigenvalue weighted by molar-refractivity contribution is 6.00. The van der Waals surface area contributed by atoms with Gasteiger partial charge in [-0.25, -0.2) is 0 Å². The van der Waals surface area contributed by atoms with E-state index in [9.17, 15) is 14.9 Å². The molecule has 4 rings (SSSR count). The second-order valence-electron chi connectivity index (χ2n) is 7.88. The molecular weight excluding hydrogens is 418 g/mol. The van der Waals surface area contributed by atoms with Gasteiger partial charge in [0.25, 0.3) is 0 Å². The van der Waals surface area contributed by atoms with Crippen LogP contribution in [0.5, 0.6) is 5.75 Å². The molecule has 0 saturated heterocycles. The average molecular weight is 441 g/mol. The molecule has 3 aromatic rings. The van der Waals surface area contributed by atoms with Crippen molar-refractivity contribution < 1.29 is 19.4 Å². The van der Waals surface area contributed by atoms with Crippen molar-refractivity contribution in [2.45, 2.75) is 25.5 Å². The molecule has 1 aliphatic rings. The van der Waals surface area contributed by atoms with Gasteiger partial charge in [-0.2, -0.15) is 5.26 Å². The summed E-state index contributed by atoms with van der Waals surface area (Å²) in [5, 5.41) is 18.5. The summed E-state index contributed by atoms with van der Waals surface area (Å²) >= 11 is 0. The van der Waals surface area contributed by atoms with Gasteiger partial charge >= 0.3 is 5.97 Å². The summed E-state index contributed by atoms with van der Waals surface area (Å²) < 4.78 is 5.94. The number of anilines is 1. The van der Waals surface area contributed by atoms with Crippen molar-refractivity contribution in [1.82, 2.24) is 0 Å². The van der Waals surface area contributed by atoms with Crippen LogP contribution >= 0.6 is 0 Å². The van der Waals surface area contributed by atoms with E-state index in [4.69, 9.17) is 15.6 Å². The first-order valence-corrected chi connectivity index (χ1v) is 10.6. The molecule has 0 unspecified atom stereocenters. The Kier molecular flexibility index (Phi) is 6.38. The van der Waals surface area contributed by atoms with Crippen LogP contribution in [0.2, 0.25) is 0 Å². The number of rotatable bonds is 7. The summed E-state index contributed by atoms with van der Waals surface area (Å²) in [6.45, 7) is 0.756. The van der Waals surface area contributed by atoms with Crippen molar-refractivity contribution in [1.29, 1.82) is 5.26 Å². The first-order valence-electron chi connectivity index (χ1n) is 10.6. The van der Waals surface area contributed by atoms with Crippen LogP contribution in [0.3, 0.4) is 0 Å². The predicted octanol–water partition coefficient (Wildman–Crippen LogP) is 3.50. The summed E-state index contributed by atoms with van der Waals surface area (Å²) in [6, 6.07) is 22.1. The number of nitrogens with zero attached hydrogens (tertiary/aromatic N) is 2. The molecule has 1 amide bonds. The van der Waals surface area contributed by atoms with Crippen molar-refractivity contribution in [2.75, 3.05) is 11.4 Å². The summed E-state index contributed by atoms with van der Waals surface area (Å²) in [7, 11) is 0. The first kappa shape index (κ1) is 22.1. The van der Waals surface area contributed by atoms with Crippen molar-refractivity contribution in [3.8, 4) is 22.9 Å². The molecule has 0 saturated carbocycles.